The summed E-state index contributed by atoms with van der Waals surface area (Å²) in [4.78, 5) is 30.4. The number of carbonyl (C=O) groups is 2. The maximum atomic E-state index is 12.4. The zero-order valence-corrected chi connectivity index (χ0v) is 16.2. The Labute approximate surface area is 159 Å². The molecule has 1 aromatic heterocycles. The third kappa shape index (κ3) is 7.36. The third-order valence-corrected chi connectivity index (χ3v) is 3.82. The molecule has 1 aliphatic heterocycles. The van der Waals surface area contributed by atoms with E-state index < -0.39 is 11.6 Å². The number of aromatic nitrogens is 1. The van der Waals surface area contributed by atoms with Crippen molar-refractivity contribution in [3.8, 4) is 0 Å². The van der Waals surface area contributed by atoms with Crippen molar-refractivity contribution in [3.05, 3.63) is 29.5 Å². The van der Waals surface area contributed by atoms with Gasteiger partial charge in [-0.3, -0.25) is 9.69 Å². The number of hydrogen-bond acceptors (Lipinski definition) is 7. The minimum atomic E-state index is -0.563. The first-order valence-electron chi connectivity index (χ1n) is 8.99. The van der Waals surface area contributed by atoms with Gasteiger partial charge in [-0.15, -0.1) is 0 Å². The van der Waals surface area contributed by atoms with E-state index in [9.17, 15) is 9.59 Å². The van der Waals surface area contributed by atoms with Crippen molar-refractivity contribution in [2.24, 2.45) is 0 Å². The van der Waals surface area contributed by atoms with Gasteiger partial charge >= 0.3 is 5.97 Å². The van der Waals surface area contributed by atoms with E-state index in [1.165, 1.54) is 12.3 Å². The Morgan fingerprint density at radius 1 is 1.37 bits per heavy atom. The topological polar surface area (TPSA) is 107 Å². The van der Waals surface area contributed by atoms with Gasteiger partial charge in [-0.1, -0.05) is 0 Å². The van der Waals surface area contributed by atoms with Crippen LogP contribution in [-0.2, 0) is 14.3 Å². The molecular formula is C19H28N4O4. The Bertz CT molecular complexity index is 691. The zero-order chi connectivity index (χ0) is 19.9. The number of nitrogens with two attached hydrogens (primary N) is 1. The lowest BCUT2D eigenvalue weighted by molar-refractivity contribution is -0.148. The van der Waals surface area contributed by atoms with Gasteiger partial charge in [0.25, 0.3) is 5.91 Å². The van der Waals surface area contributed by atoms with Crippen LogP contribution in [0.5, 0.6) is 0 Å². The molecule has 2 heterocycles. The predicted molar refractivity (Wildman–Crippen MR) is 103 cm³/mol. The van der Waals surface area contributed by atoms with Crippen LogP contribution in [0.15, 0.2) is 18.3 Å². The normalized spacial score (nSPS) is 15.7. The van der Waals surface area contributed by atoms with Gasteiger partial charge < -0.3 is 20.5 Å². The molecule has 0 unspecified atom stereocenters. The Morgan fingerprint density at radius 2 is 2.07 bits per heavy atom. The van der Waals surface area contributed by atoms with E-state index in [0.717, 1.165) is 32.8 Å². The summed E-state index contributed by atoms with van der Waals surface area (Å²) in [7, 11) is 0. The molecule has 1 fully saturated rings. The Hall–Kier alpha value is -2.45. The molecule has 1 saturated heterocycles. The van der Waals surface area contributed by atoms with Crippen LogP contribution in [-0.4, -0.2) is 66.8 Å². The highest BCUT2D eigenvalue weighted by Crippen LogP contribution is 2.13. The molecular weight excluding hydrogens is 348 g/mol. The molecule has 27 heavy (non-hydrogen) atoms. The molecule has 0 aliphatic carbocycles. The molecule has 8 nitrogen and oxygen atoms in total. The highest BCUT2D eigenvalue weighted by atomic mass is 16.6. The van der Waals surface area contributed by atoms with Gasteiger partial charge in [0.15, 0.2) is 0 Å². The van der Waals surface area contributed by atoms with Crippen LogP contribution in [0.4, 0.5) is 5.82 Å². The largest absolute Gasteiger partial charge is 0.457 e. The highest BCUT2D eigenvalue weighted by molar-refractivity contribution is 5.99. The number of esters is 1. The van der Waals surface area contributed by atoms with Gasteiger partial charge in [-0.25, -0.2) is 9.78 Å². The quantitative estimate of drug-likeness (QED) is 0.565. The zero-order valence-electron chi connectivity index (χ0n) is 16.2. The molecule has 148 valence electrons. The second-order valence-corrected chi connectivity index (χ2v) is 7.28. The van der Waals surface area contributed by atoms with Crippen molar-refractivity contribution in [2.75, 3.05) is 45.1 Å². The molecule has 0 spiro atoms. The number of nitrogen functional groups attached to an aromatic ring is 1. The fourth-order valence-electron chi connectivity index (χ4n) is 2.51. The maximum Gasteiger partial charge on any atom is 0.331 e. The number of morpholine rings is 1. The molecule has 0 atom stereocenters. The number of carbonyl (C=O) groups excluding carboxylic acids is 2. The smallest absolute Gasteiger partial charge is 0.331 e. The standard InChI is InChI=1S/C19H28N4O4/c1-19(2,3)27-16(24)5-4-14-12-15(17(20)22-13-14)18(25)21-6-7-23-8-10-26-11-9-23/h4-5,12-13H,6-11H2,1-3H3,(H2,20,22)(H,21,25)/b5-4+. The number of rotatable bonds is 6. The summed E-state index contributed by atoms with van der Waals surface area (Å²) in [5.74, 6) is -0.607. The van der Waals surface area contributed by atoms with E-state index in [0.29, 0.717) is 12.1 Å². The van der Waals surface area contributed by atoms with Crippen molar-refractivity contribution in [3.63, 3.8) is 0 Å². The third-order valence-electron chi connectivity index (χ3n) is 3.82. The van der Waals surface area contributed by atoms with E-state index in [2.05, 4.69) is 15.2 Å². The number of pyridine rings is 1. The summed E-state index contributed by atoms with van der Waals surface area (Å²) < 4.78 is 10.5. The first-order valence-corrected chi connectivity index (χ1v) is 8.99. The summed E-state index contributed by atoms with van der Waals surface area (Å²) in [6.07, 6.45) is 4.35. The number of anilines is 1. The average Bonchev–Trinajstić information content (AvgIpc) is 2.60. The predicted octanol–water partition coefficient (Wildman–Crippen LogP) is 1.08. The first-order chi connectivity index (χ1) is 12.7. The van der Waals surface area contributed by atoms with Crippen LogP contribution in [0.25, 0.3) is 6.08 Å². The van der Waals surface area contributed by atoms with Gasteiger partial charge in [-0.05, 0) is 38.5 Å². The van der Waals surface area contributed by atoms with Gasteiger partial charge in [0.1, 0.15) is 11.4 Å². The van der Waals surface area contributed by atoms with Gasteiger partial charge in [-0.2, -0.15) is 0 Å². The Kier molecular flexibility index (Phi) is 7.32. The minimum Gasteiger partial charge on any atom is -0.457 e. The molecule has 1 aromatic rings. The van der Waals surface area contributed by atoms with E-state index in [1.807, 2.05) is 0 Å². The summed E-state index contributed by atoms with van der Waals surface area (Å²) in [6.45, 7) is 9.81. The molecule has 0 saturated carbocycles. The van der Waals surface area contributed by atoms with Crippen molar-refractivity contribution < 1.29 is 19.1 Å². The fraction of sp³-hybridized carbons (Fsp3) is 0.526. The maximum absolute atomic E-state index is 12.4. The molecule has 1 amide bonds. The second-order valence-electron chi connectivity index (χ2n) is 7.28. The fourth-order valence-corrected chi connectivity index (χ4v) is 2.51. The lowest BCUT2D eigenvalue weighted by atomic mass is 10.1. The van der Waals surface area contributed by atoms with E-state index in [1.54, 1.807) is 32.9 Å². The summed E-state index contributed by atoms with van der Waals surface area (Å²) in [5, 5.41) is 2.85. The molecule has 3 N–H and O–H groups in total. The second kappa shape index (κ2) is 9.48. The van der Waals surface area contributed by atoms with Crippen LogP contribution in [0.2, 0.25) is 0 Å². The van der Waals surface area contributed by atoms with Gasteiger partial charge in [0.05, 0.1) is 18.8 Å². The van der Waals surface area contributed by atoms with E-state index in [4.69, 9.17) is 15.2 Å². The lowest BCUT2D eigenvalue weighted by Gasteiger charge is -2.26. The van der Waals surface area contributed by atoms with Crippen LogP contribution in [0.1, 0.15) is 36.7 Å². The van der Waals surface area contributed by atoms with Crippen LogP contribution >= 0.6 is 0 Å². The Balaban J connectivity index is 1.92. The number of amides is 1. The molecule has 1 aliphatic rings. The minimum absolute atomic E-state index is 0.147. The molecule has 8 heteroatoms. The Morgan fingerprint density at radius 3 is 2.74 bits per heavy atom. The number of ether oxygens (including phenoxy) is 2. The summed E-state index contributed by atoms with van der Waals surface area (Å²) in [5.41, 5.74) is 6.14. The monoisotopic (exact) mass is 376 g/mol. The van der Waals surface area contributed by atoms with Gasteiger partial charge in [0, 0.05) is 38.5 Å². The van der Waals surface area contributed by atoms with Crippen molar-refractivity contribution in [2.45, 2.75) is 26.4 Å². The van der Waals surface area contributed by atoms with Crippen molar-refractivity contribution >= 4 is 23.8 Å². The SMILES string of the molecule is CC(C)(C)OC(=O)/C=C/c1cnc(N)c(C(=O)NCCN2CCOCC2)c1. The highest BCUT2D eigenvalue weighted by Gasteiger charge is 2.15. The van der Waals surface area contributed by atoms with Crippen LogP contribution in [0.3, 0.4) is 0 Å². The summed E-state index contributed by atoms with van der Waals surface area (Å²) in [6, 6.07) is 1.60. The van der Waals surface area contributed by atoms with Crippen LogP contribution in [0, 0.1) is 0 Å². The number of nitrogens with one attached hydrogen (secondary N) is 1. The molecule has 0 radical (unpaired) electrons. The summed E-state index contributed by atoms with van der Waals surface area (Å²) >= 11 is 0. The van der Waals surface area contributed by atoms with Crippen molar-refractivity contribution in [1.29, 1.82) is 0 Å². The molecule has 0 bridgehead atoms. The average molecular weight is 376 g/mol. The van der Waals surface area contributed by atoms with Crippen molar-refractivity contribution in [1.82, 2.24) is 15.2 Å². The lowest BCUT2D eigenvalue weighted by Crippen LogP contribution is -2.41. The van der Waals surface area contributed by atoms with Gasteiger partial charge in [0.2, 0.25) is 0 Å². The van der Waals surface area contributed by atoms with E-state index in [-0.39, 0.29) is 17.3 Å². The van der Waals surface area contributed by atoms with Crippen LogP contribution < -0.4 is 11.1 Å². The molecule has 0 aromatic carbocycles. The van der Waals surface area contributed by atoms with E-state index >= 15 is 0 Å². The number of nitrogens with zero attached hydrogens (tertiary/aromatic N) is 2. The molecule has 2 rings (SSSR count). The number of hydrogen-bond donors (Lipinski definition) is 2. The first kappa shape index (κ1) is 20.9.